The van der Waals surface area contributed by atoms with E-state index in [2.05, 4.69) is 15.9 Å². The highest BCUT2D eigenvalue weighted by Crippen LogP contribution is 2.30. The first-order valence-electron chi connectivity index (χ1n) is 5.39. The van der Waals surface area contributed by atoms with Crippen molar-refractivity contribution in [2.45, 2.75) is 6.92 Å². The van der Waals surface area contributed by atoms with Crippen molar-refractivity contribution >= 4 is 21.9 Å². The second kappa shape index (κ2) is 5.09. The van der Waals surface area contributed by atoms with E-state index in [4.69, 9.17) is 5.11 Å². The maximum absolute atomic E-state index is 13.9. The fourth-order valence-electron chi connectivity index (χ4n) is 1.78. The van der Waals surface area contributed by atoms with Gasteiger partial charge < -0.3 is 5.11 Å². The van der Waals surface area contributed by atoms with Crippen molar-refractivity contribution < 1.29 is 18.7 Å². The standard InChI is InChI=1S/C14H9BrF2O2/c1-7-4-13(17)10(6-12(7)16)9-3-2-8(15)5-11(9)14(18)19/h2-6H,1H3,(H,18,19). The first-order valence-corrected chi connectivity index (χ1v) is 6.18. The summed E-state index contributed by atoms with van der Waals surface area (Å²) in [5, 5.41) is 9.13. The van der Waals surface area contributed by atoms with Gasteiger partial charge in [0.15, 0.2) is 0 Å². The van der Waals surface area contributed by atoms with Crippen molar-refractivity contribution in [2.75, 3.05) is 0 Å². The molecule has 0 amide bonds. The minimum atomic E-state index is -1.20. The van der Waals surface area contributed by atoms with Crippen LogP contribution in [0.3, 0.4) is 0 Å². The van der Waals surface area contributed by atoms with Gasteiger partial charge in [0.2, 0.25) is 0 Å². The third kappa shape index (κ3) is 2.66. The van der Waals surface area contributed by atoms with E-state index in [0.29, 0.717) is 4.47 Å². The molecule has 0 fully saturated rings. The third-order valence-corrected chi connectivity index (χ3v) is 3.24. The van der Waals surface area contributed by atoms with Crippen LogP contribution in [0.15, 0.2) is 34.8 Å². The molecule has 0 unspecified atom stereocenters. The van der Waals surface area contributed by atoms with Gasteiger partial charge in [0, 0.05) is 10.0 Å². The van der Waals surface area contributed by atoms with Gasteiger partial charge in [-0.15, -0.1) is 0 Å². The Kier molecular flexibility index (Phi) is 3.66. The number of carboxylic acids is 1. The number of aryl methyl sites for hydroxylation is 1. The molecule has 2 aromatic rings. The topological polar surface area (TPSA) is 37.3 Å². The van der Waals surface area contributed by atoms with Crippen molar-refractivity contribution in [3.05, 3.63) is 57.6 Å². The second-order valence-corrected chi connectivity index (χ2v) is 4.99. The normalized spacial score (nSPS) is 10.5. The molecule has 0 aliphatic heterocycles. The Hall–Kier alpha value is -1.75. The van der Waals surface area contributed by atoms with E-state index in [9.17, 15) is 13.6 Å². The van der Waals surface area contributed by atoms with Crippen molar-refractivity contribution in [2.24, 2.45) is 0 Å². The largest absolute Gasteiger partial charge is 0.478 e. The molecule has 2 rings (SSSR count). The molecule has 0 atom stereocenters. The Morgan fingerprint density at radius 2 is 1.79 bits per heavy atom. The molecule has 0 aromatic heterocycles. The lowest BCUT2D eigenvalue weighted by Crippen LogP contribution is -2.01. The molecule has 1 N–H and O–H groups in total. The van der Waals surface area contributed by atoms with Crippen molar-refractivity contribution in [1.82, 2.24) is 0 Å². The molecular weight excluding hydrogens is 318 g/mol. The van der Waals surface area contributed by atoms with Crippen LogP contribution in [0.1, 0.15) is 15.9 Å². The monoisotopic (exact) mass is 326 g/mol. The molecule has 2 aromatic carbocycles. The van der Waals surface area contributed by atoms with Gasteiger partial charge in [-0.1, -0.05) is 22.0 Å². The summed E-state index contributed by atoms with van der Waals surface area (Å²) in [6.07, 6.45) is 0. The Morgan fingerprint density at radius 1 is 1.11 bits per heavy atom. The number of aromatic carboxylic acids is 1. The fourth-order valence-corrected chi connectivity index (χ4v) is 2.14. The van der Waals surface area contributed by atoms with E-state index in [0.717, 1.165) is 12.1 Å². The molecule has 98 valence electrons. The number of hydrogen-bond donors (Lipinski definition) is 1. The summed E-state index contributed by atoms with van der Waals surface area (Å²) in [5.74, 6) is -2.42. The maximum atomic E-state index is 13.9. The number of benzene rings is 2. The van der Waals surface area contributed by atoms with E-state index in [-0.39, 0.29) is 22.3 Å². The molecule has 0 radical (unpaired) electrons. The first-order chi connectivity index (χ1) is 8.90. The average Bonchev–Trinajstić information content (AvgIpc) is 2.34. The van der Waals surface area contributed by atoms with Crippen LogP contribution >= 0.6 is 15.9 Å². The zero-order chi connectivity index (χ0) is 14.2. The Bertz CT molecular complexity index is 669. The van der Waals surface area contributed by atoms with Gasteiger partial charge in [-0.05, 0) is 42.3 Å². The Morgan fingerprint density at radius 3 is 2.42 bits per heavy atom. The third-order valence-electron chi connectivity index (χ3n) is 2.75. The smallest absolute Gasteiger partial charge is 0.336 e. The van der Waals surface area contributed by atoms with Gasteiger partial charge in [-0.2, -0.15) is 0 Å². The molecule has 0 bridgehead atoms. The highest BCUT2D eigenvalue weighted by Gasteiger charge is 2.16. The summed E-state index contributed by atoms with van der Waals surface area (Å²) in [7, 11) is 0. The molecule has 0 spiro atoms. The lowest BCUT2D eigenvalue weighted by atomic mass is 9.98. The van der Waals surface area contributed by atoms with E-state index in [1.807, 2.05) is 0 Å². The van der Waals surface area contributed by atoms with E-state index in [1.54, 1.807) is 6.07 Å². The van der Waals surface area contributed by atoms with E-state index in [1.165, 1.54) is 19.1 Å². The molecule has 0 aliphatic rings. The summed E-state index contributed by atoms with van der Waals surface area (Å²) in [6.45, 7) is 1.45. The predicted molar refractivity (Wildman–Crippen MR) is 71.2 cm³/mol. The zero-order valence-electron chi connectivity index (χ0n) is 9.88. The van der Waals surface area contributed by atoms with Crippen LogP contribution < -0.4 is 0 Å². The van der Waals surface area contributed by atoms with Gasteiger partial charge in [0.1, 0.15) is 11.6 Å². The van der Waals surface area contributed by atoms with Gasteiger partial charge in [0.25, 0.3) is 0 Å². The van der Waals surface area contributed by atoms with Gasteiger partial charge in [-0.25, -0.2) is 13.6 Å². The number of hydrogen-bond acceptors (Lipinski definition) is 1. The fraction of sp³-hybridized carbons (Fsp3) is 0.0714. The molecule has 5 heteroatoms. The zero-order valence-corrected chi connectivity index (χ0v) is 11.5. The quantitative estimate of drug-likeness (QED) is 0.888. The molecule has 19 heavy (non-hydrogen) atoms. The Balaban J connectivity index is 2.72. The molecule has 0 aliphatic carbocycles. The van der Waals surface area contributed by atoms with Crippen molar-refractivity contribution in [3.8, 4) is 11.1 Å². The average molecular weight is 327 g/mol. The Labute approximate surface area is 116 Å². The van der Waals surface area contributed by atoms with Crippen molar-refractivity contribution in [1.29, 1.82) is 0 Å². The van der Waals surface area contributed by atoms with Crippen LogP contribution in [0.5, 0.6) is 0 Å². The van der Waals surface area contributed by atoms with Gasteiger partial charge in [0.05, 0.1) is 5.56 Å². The highest BCUT2D eigenvalue weighted by atomic mass is 79.9. The lowest BCUT2D eigenvalue weighted by molar-refractivity contribution is 0.0697. The van der Waals surface area contributed by atoms with Crippen LogP contribution in [-0.2, 0) is 0 Å². The van der Waals surface area contributed by atoms with Crippen LogP contribution in [0.2, 0.25) is 0 Å². The number of carboxylic acid groups (broad SMARTS) is 1. The summed E-state index contributed by atoms with van der Waals surface area (Å²) in [6, 6.07) is 6.45. The van der Waals surface area contributed by atoms with Gasteiger partial charge >= 0.3 is 5.97 Å². The summed E-state index contributed by atoms with van der Waals surface area (Å²) in [4.78, 5) is 11.2. The van der Waals surface area contributed by atoms with Crippen LogP contribution in [0, 0.1) is 18.6 Å². The maximum Gasteiger partial charge on any atom is 0.336 e. The van der Waals surface area contributed by atoms with E-state index < -0.39 is 17.6 Å². The predicted octanol–water partition coefficient (Wildman–Crippen LogP) is 4.40. The molecule has 0 saturated heterocycles. The minimum Gasteiger partial charge on any atom is -0.478 e. The second-order valence-electron chi connectivity index (χ2n) is 4.08. The number of rotatable bonds is 2. The van der Waals surface area contributed by atoms with Gasteiger partial charge in [-0.3, -0.25) is 0 Å². The highest BCUT2D eigenvalue weighted by molar-refractivity contribution is 9.10. The molecule has 2 nitrogen and oxygen atoms in total. The minimum absolute atomic E-state index is 0.0620. The summed E-state index contributed by atoms with van der Waals surface area (Å²) < 4.78 is 28.0. The summed E-state index contributed by atoms with van der Waals surface area (Å²) in [5.41, 5.74) is 0.173. The SMILES string of the molecule is Cc1cc(F)c(-c2ccc(Br)cc2C(=O)O)cc1F. The number of halogens is 3. The molecule has 0 heterocycles. The summed E-state index contributed by atoms with van der Waals surface area (Å²) >= 11 is 3.15. The number of carbonyl (C=O) groups is 1. The van der Waals surface area contributed by atoms with Crippen molar-refractivity contribution in [3.63, 3.8) is 0 Å². The van der Waals surface area contributed by atoms with Crippen LogP contribution in [0.4, 0.5) is 8.78 Å². The molecule has 0 saturated carbocycles. The molecular formula is C14H9BrF2O2. The van der Waals surface area contributed by atoms with Crippen LogP contribution in [-0.4, -0.2) is 11.1 Å². The van der Waals surface area contributed by atoms with Crippen LogP contribution in [0.25, 0.3) is 11.1 Å². The lowest BCUT2D eigenvalue weighted by Gasteiger charge is -2.09. The van der Waals surface area contributed by atoms with E-state index >= 15 is 0 Å². The first kappa shape index (κ1) is 13.7.